The second kappa shape index (κ2) is 5.34. The van der Waals surface area contributed by atoms with Gasteiger partial charge in [0.05, 0.1) is 0 Å². The fraction of sp³-hybridized carbons (Fsp3) is 0.538. The number of amides is 2. The van der Waals surface area contributed by atoms with Gasteiger partial charge in [0.25, 0.3) is 0 Å². The summed E-state index contributed by atoms with van der Waals surface area (Å²) in [6, 6.07) is 1.39. The van der Waals surface area contributed by atoms with Crippen LogP contribution in [0.2, 0.25) is 0 Å². The van der Waals surface area contributed by atoms with Gasteiger partial charge >= 0.3 is 0 Å². The average Bonchev–Trinajstić information content (AvgIpc) is 2.32. The molecule has 1 fully saturated rings. The molecule has 0 saturated carbocycles. The maximum atomic E-state index is 11.7. The first-order valence-electron chi connectivity index (χ1n) is 6.41. The molecule has 1 aliphatic rings. The first-order chi connectivity index (χ1) is 8.95. The molecule has 0 aromatic carbocycles. The van der Waals surface area contributed by atoms with Gasteiger partial charge in [-0.15, -0.1) is 0 Å². The first-order valence-corrected chi connectivity index (χ1v) is 6.41. The monoisotopic (exact) mass is 262 g/mol. The molecule has 0 radical (unpaired) electrons. The molecule has 0 aliphatic carbocycles. The summed E-state index contributed by atoms with van der Waals surface area (Å²) in [4.78, 5) is 31.5. The fourth-order valence-corrected chi connectivity index (χ4v) is 1.93. The van der Waals surface area contributed by atoms with Crippen LogP contribution in [0.1, 0.15) is 44.1 Å². The van der Waals surface area contributed by atoms with Crippen molar-refractivity contribution in [1.82, 2.24) is 15.3 Å². The van der Waals surface area contributed by atoms with Crippen LogP contribution in [0, 0.1) is 6.92 Å². The van der Waals surface area contributed by atoms with Crippen LogP contribution in [0.3, 0.4) is 0 Å². The zero-order chi connectivity index (χ0) is 14.0. The van der Waals surface area contributed by atoms with Crippen molar-refractivity contribution in [2.45, 2.75) is 45.6 Å². The molecule has 2 rings (SSSR count). The average molecular weight is 262 g/mol. The molecule has 6 nitrogen and oxygen atoms in total. The van der Waals surface area contributed by atoms with Crippen molar-refractivity contribution in [3.8, 4) is 0 Å². The third kappa shape index (κ3) is 3.27. The molecule has 0 bridgehead atoms. The Labute approximate surface area is 112 Å². The van der Waals surface area contributed by atoms with E-state index in [9.17, 15) is 9.59 Å². The molecule has 2 heterocycles. The van der Waals surface area contributed by atoms with Gasteiger partial charge in [-0.25, -0.2) is 9.97 Å². The van der Waals surface area contributed by atoms with E-state index < -0.39 is 6.04 Å². The fourth-order valence-electron chi connectivity index (χ4n) is 1.93. The van der Waals surface area contributed by atoms with Crippen LogP contribution in [-0.4, -0.2) is 27.8 Å². The molecule has 0 spiro atoms. The zero-order valence-corrected chi connectivity index (χ0v) is 11.4. The number of hydrogen-bond donors (Lipinski definition) is 2. The van der Waals surface area contributed by atoms with Crippen LogP contribution in [0.5, 0.6) is 0 Å². The lowest BCUT2D eigenvalue weighted by Crippen LogP contribution is -2.47. The molecule has 1 aromatic heterocycles. The largest absolute Gasteiger partial charge is 0.358 e. The van der Waals surface area contributed by atoms with E-state index in [1.54, 1.807) is 6.07 Å². The number of anilines is 1. The number of aryl methyl sites for hydroxylation is 1. The van der Waals surface area contributed by atoms with Gasteiger partial charge in [-0.1, -0.05) is 13.8 Å². The summed E-state index contributed by atoms with van der Waals surface area (Å²) in [6.45, 7) is 5.93. The van der Waals surface area contributed by atoms with Crippen LogP contribution < -0.4 is 10.6 Å². The van der Waals surface area contributed by atoms with Gasteiger partial charge in [0.15, 0.2) is 0 Å². The molecule has 1 unspecified atom stereocenters. The van der Waals surface area contributed by atoms with E-state index in [1.165, 1.54) is 0 Å². The lowest BCUT2D eigenvalue weighted by molar-refractivity contribution is -0.133. The Morgan fingerprint density at radius 1 is 1.37 bits per heavy atom. The van der Waals surface area contributed by atoms with Gasteiger partial charge in [0.2, 0.25) is 11.8 Å². The normalized spacial score (nSPS) is 19.5. The van der Waals surface area contributed by atoms with Crippen molar-refractivity contribution >= 4 is 17.6 Å². The Hall–Kier alpha value is -1.98. The molecule has 19 heavy (non-hydrogen) atoms. The van der Waals surface area contributed by atoms with Gasteiger partial charge < -0.3 is 5.32 Å². The molecule has 1 atom stereocenters. The maximum Gasteiger partial charge on any atom is 0.249 e. The molecular weight excluding hydrogens is 244 g/mol. The van der Waals surface area contributed by atoms with Crippen LogP contribution >= 0.6 is 0 Å². The second-order valence-electron chi connectivity index (χ2n) is 5.06. The number of carbonyl (C=O) groups is 2. The minimum atomic E-state index is -0.410. The van der Waals surface area contributed by atoms with Crippen molar-refractivity contribution in [2.75, 3.05) is 5.32 Å². The zero-order valence-electron chi connectivity index (χ0n) is 11.4. The smallest absolute Gasteiger partial charge is 0.249 e. The minimum absolute atomic E-state index is 0.218. The van der Waals surface area contributed by atoms with Crippen LogP contribution in [-0.2, 0) is 9.59 Å². The summed E-state index contributed by atoms with van der Waals surface area (Å²) < 4.78 is 0. The van der Waals surface area contributed by atoms with Gasteiger partial charge in [-0.2, -0.15) is 0 Å². The minimum Gasteiger partial charge on any atom is -0.358 e. The molecule has 102 valence electrons. The number of carbonyl (C=O) groups excluding carboxylic acids is 2. The molecule has 2 N–H and O–H groups in total. The van der Waals surface area contributed by atoms with E-state index >= 15 is 0 Å². The van der Waals surface area contributed by atoms with Crippen molar-refractivity contribution < 1.29 is 9.59 Å². The molecule has 1 aliphatic heterocycles. The van der Waals surface area contributed by atoms with Crippen molar-refractivity contribution in [1.29, 1.82) is 0 Å². The van der Waals surface area contributed by atoms with Gasteiger partial charge in [0.1, 0.15) is 17.7 Å². The third-order valence-corrected chi connectivity index (χ3v) is 2.95. The lowest BCUT2D eigenvalue weighted by atomic mass is 10.1. The lowest BCUT2D eigenvalue weighted by Gasteiger charge is -2.22. The van der Waals surface area contributed by atoms with Crippen LogP contribution in [0.25, 0.3) is 0 Å². The highest BCUT2D eigenvalue weighted by atomic mass is 16.2. The number of hydrogen-bond acceptors (Lipinski definition) is 5. The SMILES string of the molecule is Cc1cc(NC2CCC(=O)NC2=O)nc(C(C)C)n1. The Kier molecular flexibility index (Phi) is 3.78. The number of imide groups is 1. The van der Waals surface area contributed by atoms with Crippen LogP contribution in [0.4, 0.5) is 5.82 Å². The van der Waals surface area contributed by atoms with E-state index in [0.29, 0.717) is 18.7 Å². The third-order valence-electron chi connectivity index (χ3n) is 2.95. The van der Waals surface area contributed by atoms with Crippen molar-refractivity contribution in [3.63, 3.8) is 0 Å². The highest BCUT2D eigenvalue weighted by Gasteiger charge is 2.26. The molecule has 6 heteroatoms. The van der Waals surface area contributed by atoms with E-state index in [-0.39, 0.29) is 17.7 Å². The highest BCUT2D eigenvalue weighted by Crippen LogP contribution is 2.16. The molecular formula is C13H18N4O2. The maximum absolute atomic E-state index is 11.7. The Bertz CT molecular complexity index is 513. The van der Waals surface area contributed by atoms with Gasteiger partial charge in [-0.05, 0) is 13.3 Å². The summed E-state index contributed by atoms with van der Waals surface area (Å²) in [7, 11) is 0. The summed E-state index contributed by atoms with van der Waals surface area (Å²) in [5.41, 5.74) is 0.855. The molecule has 1 aromatic rings. The Balaban J connectivity index is 2.14. The quantitative estimate of drug-likeness (QED) is 0.798. The Morgan fingerprint density at radius 3 is 2.74 bits per heavy atom. The molecule has 1 saturated heterocycles. The predicted molar refractivity (Wildman–Crippen MR) is 70.7 cm³/mol. The van der Waals surface area contributed by atoms with Crippen molar-refractivity contribution in [2.24, 2.45) is 0 Å². The van der Waals surface area contributed by atoms with E-state index in [4.69, 9.17) is 0 Å². The van der Waals surface area contributed by atoms with E-state index in [2.05, 4.69) is 20.6 Å². The van der Waals surface area contributed by atoms with Gasteiger partial charge in [-0.3, -0.25) is 14.9 Å². The summed E-state index contributed by atoms with van der Waals surface area (Å²) in [5.74, 6) is 1.09. The van der Waals surface area contributed by atoms with E-state index in [1.807, 2.05) is 20.8 Å². The number of aromatic nitrogens is 2. The first kappa shape index (κ1) is 13.5. The number of nitrogens with zero attached hydrogens (tertiary/aromatic N) is 2. The van der Waals surface area contributed by atoms with Crippen molar-refractivity contribution in [3.05, 3.63) is 17.6 Å². The standard InChI is InChI=1S/C13H18N4O2/c1-7(2)12-14-8(3)6-10(16-12)15-9-4-5-11(18)17-13(9)19/h6-7,9H,4-5H2,1-3H3,(H,14,15,16)(H,17,18,19). The summed E-state index contributed by atoms with van der Waals surface area (Å²) >= 11 is 0. The second-order valence-corrected chi connectivity index (χ2v) is 5.06. The van der Waals surface area contributed by atoms with E-state index in [0.717, 1.165) is 11.5 Å². The predicted octanol–water partition coefficient (Wildman–Crippen LogP) is 1.13. The van der Waals surface area contributed by atoms with Gasteiger partial charge in [0, 0.05) is 24.1 Å². The topological polar surface area (TPSA) is 84.0 Å². The Morgan fingerprint density at radius 2 is 2.11 bits per heavy atom. The highest BCUT2D eigenvalue weighted by molar-refractivity contribution is 6.01. The number of piperidine rings is 1. The summed E-state index contributed by atoms with van der Waals surface area (Å²) in [5, 5.41) is 5.39. The number of rotatable bonds is 3. The number of nitrogens with one attached hydrogen (secondary N) is 2. The summed E-state index contributed by atoms with van der Waals surface area (Å²) in [6.07, 6.45) is 0.842. The molecule has 2 amide bonds. The van der Waals surface area contributed by atoms with Crippen LogP contribution in [0.15, 0.2) is 6.07 Å².